The molecule has 0 radical (unpaired) electrons. The maximum Gasteiger partial charge on any atom is 0.0406 e. The van der Waals surface area contributed by atoms with E-state index in [9.17, 15) is 0 Å². The van der Waals surface area contributed by atoms with E-state index in [1.165, 1.54) is 5.56 Å². The molecule has 0 heterocycles. The maximum absolute atomic E-state index is 5.87. The van der Waals surface area contributed by atoms with Crippen LogP contribution >= 0.6 is 11.6 Å². The highest BCUT2D eigenvalue weighted by Crippen LogP contribution is 2.21. The van der Waals surface area contributed by atoms with Crippen LogP contribution in [0.25, 0.3) is 0 Å². The minimum absolute atomic E-state index is 0.395. The molecule has 0 saturated carbocycles. The van der Waals surface area contributed by atoms with Crippen molar-refractivity contribution < 1.29 is 0 Å². The summed E-state index contributed by atoms with van der Waals surface area (Å²) in [7, 11) is 2.13. The monoisotopic (exact) mass is 240 g/mol. The Morgan fingerprint density at radius 3 is 2.31 bits per heavy atom. The van der Waals surface area contributed by atoms with Crippen LogP contribution in [0.15, 0.2) is 24.3 Å². The molecule has 0 spiro atoms. The van der Waals surface area contributed by atoms with Gasteiger partial charge in [0, 0.05) is 17.6 Å². The number of nitrogens with zero attached hydrogens (tertiary/aromatic N) is 1. The largest absolute Gasteiger partial charge is 0.330 e. The van der Waals surface area contributed by atoms with Crippen molar-refractivity contribution in [3.05, 3.63) is 34.9 Å². The Morgan fingerprint density at radius 2 is 1.81 bits per heavy atom. The fraction of sp³-hybridized carbons (Fsp3) is 0.538. The molecule has 0 fully saturated rings. The molecule has 0 bridgehead atoms. The molecule has 0 aromatic heterocycles. The van der Waals surface area contributed by atoms with Gasteiger partial charge in [0.25, 0.3) is 0 Å². The molecule has 1 rings (SSSR count). The molecule has 1 aromatic rings. The summed E-state index contributed by atoms with van der Waals surface area (Å²) in [5, 5.41) is 0.786. The van der Waals surface area contributed by atoms with Crippen LogP contribution in [-0.4, -0.2) is 25.0 Å². The van der Waals surface area contributed by atoms with Crippen molar-refractivity contribution in [3.8, 4) is 0 Å². The molecule has 0 saturated heterocycles. The third-order valence-corrected chi connectivity index (χ3v) is 3.27. The highest BCUT2D eigenvalue weighted by atomic mass is 35.5. The van der Waals surface area contributed by atoms with E-state index in [4.69, 9.17) is 17.3 Å². The topological polar surface area (TPSA) is 29.3 Å². The Bertz CT molecular complexity index is 310. The molecule has 90 valence electrons. The Labute approximate surface area is 103 Å². The van der Waals surface area contributed by atoms with Crippen molar-refractivity contribution in [1.82, 2.24) is 4.90 Å². The molecule has 2 atom stereocenters. The van der Waals surface area contributed by atoms with E-state index >= 15 is 0 Å². The maximum atomic E-state index is 5.87. The Kier molecular flexibility index (Phi) is 5.26. The van der Waals surface area contributed by atoms with E-state index in [0.717, 1.165) is 18.1 Å². The molecular formula is C13H21ClN2. The fourth-order valence-electron chi connectivity index (χ4n) is 1.72. The minimum atomic E-state index is 0.395. The normalized spacial score (nSPS) is 15.1. The average Bonchev–Trinajstić information content (AvgIpc) is 2.28. The third-order valence-electron chi connectivity index (χ3n) is 3.02. The average molecular weight is 241 g/mol. The lowest BCUT2D eigenvalue weighted by Gasteiger charge is -2.27. The van der Waals surface area contributed by atoms with Crippen LogP contribution in [0.4, 0.5) is 0 Å². The standard InChI is InChI=1S/C13H21ClN2/c1-10(8-15)9-16(3)11(2)12-4-6-13(14)7-5-12/h4-7,10-11H,8-9,15H2,1-3H3. The van der Waals surface area contributed by atoms with Gasteiger partial charge in [-0.05, 0) is 44.1 Å². The number of halogens is 1. The molecule has 0 aliphatic carbocycles. The van der Waals surface area contributed by atoms with Crippen LogP contribution in [-0.2, 0) is 0 Å². The lowest BCUT2D eigenvalue weighted by Crippen LogP contribution is -2.30. The molecule has 2 unspecified atom stereocenters. The third kappa shape index (κ3) is 3.78. The van der Waals surface area contributed by atoms with Gasteiger partial charge in [0.2, 0.25) is 0 Å². The zero-order chi connectivity index (χ0) is 12.1. The predicted molar refractivity (Wildman–Crippen MR) is 70.7 cm³/mol. The first-order valence-electron chi connectivity index (χ1n) is 5.70. The number of hydrogen-bond donors (Lipinski definition) is 1. The molecule has 2 N–H and O–H groups in total. The summed E-state index contributed by atoms with van der Waals surface area (Å²) in [6, 6.07) is 8.43. The lowest BCUT2D eigenvalue weighted by atomic mass is 10.1. The van der Waals surface area contributed by atoms with Crippen molar-refractivity contribution in [3.63, 3.8) is 0 Å². The van der Waals surface area contributed by atoms with Crippen LogP contribution in [0, 0.1) is 5.92 Å². The second-order valence-corrected chi connectivity index (χ2v) is 4.94. The van der Waals surface area contributed by atoms with E-state index in [1.54, 1.807) is 0 Å². The molecule has 2 nitrogen and oxygen atoms in total. The van der Waals surface area contributed by atoms with Crippen LogP contribution in [0.3, 0.4) is 0 Å². The molecule has 16 heavy (non-hydrogen) atoms. The van der Waals surface area contributed by atoms with Crippen LogP contribution < -0.4 is 5.73 Å². The van der Waals surface area contributed by atoms with Crippen molar-refractivity contribution in [2.45, 2.75) is 19.9 Å². The number of nitrogens with two attached hydrogens (primary N) is 1. The van der Waals surface area contributed by atoms with Crippen molar-refractivity contribution in [1.29, 1.82) is 0 Å². The van der Waals surface area contributed by atoms with Gasteiger partial charge in [0.15, 0.2) is 0 Å². The fourth-order valence-corrected chi connectivity index (χ4v) is 1.85. The summed E-state index contributed by atoms with van der Waals surface area (Å²) < 4.78 is 0. The van der Waals surface area contributed by atoms with Crippen LogP contribution in [0.1, 0.15) is 25.5 Å². The molecule has 0 amide bonds. The van der Waals surface area contributed by atoms with E-state index in [1.807, 2.05) is 12.1 Å². The van der Waals surface area contributed by atoms with Gasteiger partial charge in [0.05, 0.1) is 0 Å². The van der Waals surface area contributed by atoms with Crippen molar-refractivity contribution >= 4 is 11.6 Å². The van der Waals surface area contributed by atoms with Crippen molar-refractivity contribution in [2.24, 2.45) is 11.7 Å². The Morgan fingerprint density at radius 1 is 1.25 bits per heavy atom. The van der Waals surface area contributed by atoms with Crippen LogP contribution in [0.2, 0.25) is 5.02 Å². The quantitative estimate of drug-likeness (QED) is 0.858. The zero-order valence-corrected chi connectivity index (χ0v) is 11.0. The molecule has 0 aliphatic heterocycles. The van der Waals surface area contributed by atoms with E-state index in [2.05, 4.69) is 37.9 Å². The zero-order valence-electron chi connectivity index (χ0n) is 10.3. The summed E-state index contributed by atoms with van der Waals surface area (Å²) in [6.07, 6.45) is 0. The second-order valence-electron chi connectivity index (χ2n) is 4.51. The van der Waals surface area contributed by atoms with Gasteiger partial charge in [0.1, 0.15) is 0 Å². The number of benzene rings is 1. The van der Waals surface area contributed by atoms with Gasteiger partial charge in [-0.25, -0.2) is 0 Å². The van der Waals surface area contributed by atoms with E-state index in [0.29, 0.717) is 12.0 Å². The van der Waals surface area contributed by atoms with E-state index in [-0.39, 0.29) is 0 Å². The number of rotatable bonds is 5. The van der Waals surface area contributed by atoms with Gasteiger partial charge >= 0.3 is 0 Å². The molecular weight excluding hydrogens is 220 g/mol. The van der Waals surface area contributed by atoms with E-state index < -0.39 is 0 Å². The van der Waals surface area contributed by atoms with Gasteiger partial charge in [-0.15, -0.1) is 0 Å². The van der Waals surface area contributed by atoms with Gasteiger partial charge < -0.3 is 5.73 Å². The second kappa shape index (κ2) is 6.24. The van der Waals surface area contributed by atoms with Crippen molar-refractivity contribution in [2.75, 3.05) is 20.1 Å². The van der Waals surface area contributed by atoms with Gasteiger partial charge in [-0.1, -0.05) is 30.7 Å². The predicted octanol–water partition coefficient (Wildman–Crippen LogP) is 2.93. The van der Waals surface area contributed by atoms with Crippen LogP contribution in [0.5, 0.6) is 0 Å². The summed E-state index contributed by atoms with van der Waals surface area (Å²) in [4.78, 5) is 2.32. The first kappa shape index (κ1) is 13.5. The number of hydrogen-bond acceptors (Lipinski definition) is 2. The first-order chi connectivity index (χ1) is 7.54. The summed E-state index contributed by atoms with van der Waals surface area (Å²) in [5.74, 6) is 0.528. The molecule has 0 aliphatic rings. The molecule has 3 heteroatoms. The van der Waals surface area contributed by atoms with Gasteiger partial charge in [-0.2, -0.15) is 0 Å². The van der Waals surface area contributed by atoms with Gasteiger partial charge in [-0.3, -0.25) is 4.90 Å². The Hall–Kier alpha value is -0.570. The minimum Gasteiger partial charge on any atom is -0.330 e. The lowest BCUT2D eigenvalue weighted by molar-refractivity contribution is 0.229. The molecule has 1 aromatic carbocycles. The summed E-state index contributed by atoms with van der Waals surface area (Å²) in [5.41, 5.74) is 6.92. The SMILES string of the molecule is CC(CN)CN(C)C(C)c1ccc(Cl)cc1. The smallest absolute Gasteiger partial charge is 0.0406 e. The highest BCUT2D eigenvalue weighted by Gasteiger charge is 2.13. The summed E-state index contributed by atoms with van der Waals surface area (Å²) in [6.45, 7) is 6.12. The highest BCUT2D eigenvalue weighted by molar-refractivity contribution is 6.30. The summed E-state index contributed by atoms with van der Waals surface area (Å²) >= 11 is 5.87. The Balaban J connectivity index is 2.62. The first-order valence-corrected chi connectivity index (χ1v) is 6.08.